The largest absolute Gasteiger partial charge is 0.512 e. The van der Waals surface area contributed by atoms with Crippen LogP contribution in [-0.4, -0.2) is 40.4 Å². The minimum Gasteiger partial charge on any atom is -0.512 e. The highest BCUT2D eigenvalue weighted by atomic mass is 32.2. The third-order valence-electron chi connectivity index (χ3n) is 0.995. The number of hydrogen-bond donors (Lipinski definition) is 3. The van der Waals surface area contributed by atoms with Gasteiger partial charge in [-0.3, -0.25) is 14.1 Å². The number of aliphatic carboxylic acids is 2. The third kappa shape index (κ3) is 5.92. The predicted molar refractivity (Wildman–Crippen MR) is 40.2 cm³/mol. The molecular formula is C5H6NO7S-. The highest BCUT2D eigenvalue weighted by Crippen LogP contribution is 2.04. The first kappa shape index (κ1) is 14.8. The van der Waals surface area contributed by atoms with Crippen molar-refractivity contribution >= 4 is 22.1 Å². The smallest absolute Gasteiger partial charge is 0.325 e. The molecule has 8 nitrogen and oxygen atoms in total. The minimum absolute atomic E-state index is 1.16. The topological polar surface area (TPSA) is 153 Å². The summed E-state index contributed by atoms with van der Waals surface area (Å²) in [6, 6.07) is 0. The first-order valence-corrected chi connectivity index (χ1v) is 4.38. The summed E-state index contributed by atoms with van der Waals surface area (Å²) >= 11 is 0. The molecular weight excluding hydrogens is 218 g/mol. The molecule has 0 aliphatic rings. The second kappa shape index (κ2) is 5.90. The molecule has 0 aliphatic heterocycles. The van der Waals surface area contributed by atoms with Crippen molar-refractivity contribution in [2.24, 2.45) is 0 Å². The molecule has 0 aromatic carbocycles. The lowest BCUT2D eigenvalue weighted by Crippen LogP contribution is -2.31. The fourth-order valence-corrected chi connectivity index (χ4v) is 1.09. The molecule has 0 aromatic rings. The van der Waals surface area contributed by atoms with Gasteiger partial charge in [0.05, 0.1) is 6.42 Å². The van der Waals surface area contributed by atoms with Crippen LogP contribution in [0.2, 0.25) is 0 Å². The van der Waals surface area contributed by atoms with Gasteiger partial charge >= 0.3 is 11.9 Å². The molecule has 0 aliphatic carbocycles. The second-order valence-electron chi connectivity index (χ2n) is 1.94. The lowest BCUT2D eigenvalue weighted by molar-refractivity contribution is -0.143. The zero-order valence-electron chi connectivity index (χ0n) is 6.61. The Morgan fingerprint density at radius 3 is 1.71 bits per heavy atom. The summed E-state index contributed by atoms with van der Waals surface area (Å²) in [7, 11) is -4.84. The Kier molecular flexibility index (Phi) is 6.25. The summed E-state index contributed by atoms with van der Waals surface area (Å²) in [6.45, 7) is 4.75. The molecule has 0 saturated carbocycles. The Morgan fingerprint density at radius 2 is 1.64 bits per heavy atom. The summed E-state index contributed by atoms with van der Waals surface area (Å²) in [5.74, 6) is -3.50. The molecule has 0 spiro atoms. The van der Waals surface area contributed by atoms with E-state index in [0.717, 1.165) is 0 Å². The monoisotopic (exact) mass is 224 g/mol. The van der Waals surface area contributed by atoms with E-state index in [2.05, 4.69) is 0 Å². The minimum atomic E-state index is -4.84. The molecule has 0 saturated heterocycles. The number of rotatable bonds is 4. The van der Waals surface area contributed by atoms with Crippen LogP contribution in [0.15, 0.2) is 0 Å². The van der Waals surface area contributed by atoms with Crippen molar-refractivity contribution in [1.82, 2.24) is 0 Å². The highest BCUT2D eigenvalue weighted by Gasteiger charge is 2.33. The fourth-order valence-electron chi connectivity index (χ4n) is 0.479. The quantitative estimate of drug-likeness (QED) is 0.401. The first-order valence-electron chi connectivity index (χ1n) is 2.88. The molecule has 80 valence electrons. The van der Waals surface area contributed by atoms with Crippen molar-refractivity contribution in [3.05, 3.63) is 6.57 Å². The van der Waals surface area contributed by atoms with Gasteiger partial charge in [-0.15, -0.1) is 0 Å². The molecule has 1 atom stereocenters. The first-order chi connectivity index (χ1) is 6.25. The van der Waals surface area contributed by atoms with E-state index in [9.17, 15) is 18.0 Å². The van der Waals surface area contributed by atoms with E-state index in [1.807, 2.05) is 0 Å². The second-order valence-corrected chi connectivity index (χ2v) is 3.54. The molecule has 1 unspecified atom stereocenters. The molecule has 14 heavy (non-hydrogen) atoms. The Balaban J connectivity index is 0. The zero-order valence-corrected chi connectivity index (χ0v) is 7.43. The average Bonchev–Trinajstić information content (AvgIpc) is 2.01. The van der Waals surface area contributed by atoms with Crippen LogP contribution < -0.4 is 0 Å². The van der Waals surface area contributed by atoms with Crippen molar-refractivity contribution in [2.45, 2.75) is 11.7 Å². The van der Waals surface area contributed by atoms with Gasteiger partial charge in [0.15, 0.2) is 5.25 Å². The van der Waals surface area contributed by atoms with Crippen molar-refractivity contribution in [2.75, 3.05) is 0 Å². The van der Waals surface area contributed by atoms with Gasteiger partial charge in [0, 0.05) is 0 Å². The standard InChI is InChI=1S/C4H6O7S.CN/c5-3(6)1-2(4(7)8)12(9,10)11;1-2/h2H,1H2,(H,5,6)(H,7,8)(H,9,10,11);/q;-1. The van der Waals surface area contributed by atoms with Gasteiger partial charge in [-0.25, -0.2) is 0 Å². The molecule has 0 heterocycles. The van der Waals surface area contributed by atoms with Crippen LogP contribution in [0.5, 0.6) is 0 Å². The highest BCUT2D eigenvalue weighted by molar-refractivity contribution is 7.87. The van der Waals surface area contributed by atoms with E-state index >= 15 is 0 Å². The maximum atomic E-state index is 10.2. The Morgan fingerprint density at radius 1 is 1.29 bits per heavy atom. The molecule has 0 amide bonds. The summed E-state index contributed by atoms with van der Waals surface area (Å²) < 4.78 is 28.7. The Hall–Kier alpha value is -1.66. The molecule has 0 rings (SSSR count). The van der Waals surface area contributed by atoms with Gasteiger partial charge in [-0.1, -0.05) is 0 Å². The Bertz CT molecular complexity index is 329. The maximum absolute atomic E-state index is 10.2. The zero-order chi connectivity index (χ0) is 11.9. The number of carboxylic acids is 2. The predicted octanol–water partition coefficient (Wildman–Crippen LogP) is -1.10. The van der Waals surface area contributed by atoms with Crippen LogP contribution in [-0.2, 0) is 19.7 Å². The molecule has 9 heteroatoms. The number of nitrogens with zero attached hydrogens (tertiary/aromatic N) is 1. The van der Waals surface area contributed by atoms with Gasteiger partial charge in [-0.2, -0.15) is 8.42 Å². The third-order valence-corrected chi connectivity index (χ3v) is 2.08. The fraction of sp³-hybridized carbons (Fsp3) is 0.400. The van der Waals surface area contributed by atoms with Crippen molar-refractivity contribution in [1.29, 1.82) is 5.26 Å². The van der Waals surface area contributed by atoms with E-state index in [1.165, 1.54) is 0 Å². The van der Waals surface area contributed by atoms with Crippen LogP contribution in [0.1, 0.15) is 6.42 Å². The van der Waals surface area contributed by atoms with Crippen molar-refractivity contribution in [3.63, 3.8) is 0 Å². The molecule has 0 bridgehead atoms. The van der Waals surface area contributed by atoms with Gasteiger partial charge in [-0.05, 0) is 0 Å². The van der Waals surface area contributed by atoms with E-state index in [0.29, 0.717) is 0 Å². The van der Waals surface area contributed by atoms with Crippen molar-refractivity contribution in [3.8, 4) is 0 Å². The summed E-state index contributed by atoms with van der Waals surface area (Å²) in [5.41, 5.74) is 0. The molecule has 0 radical (unpaired) electrons. The van der Waals surface area contributed by atoms with Crippen LogP contribution in [0, 0.1) is 11.8 Å². The maximum Gasteiger partial charge on any atom is 0.325 e. The number of carboxylic acid groups (broad SMARTS) is 2. The van der Waals surface area contributed by atoms with Gasteiger partial charge < -0.3 is 22.0 Å². The molecule has 0 aromatic heterocycles. The summed E-state index contributed by atoms with van der Waals surface area (Å²) in [6.07, 6.45) is -1.16. The summed E-state index contributed by atoms with van der Waals surface area (Å²) in [5, 5.41) is 20.2. The molecule has 0 fully saturated rings. The average molecular weight is 224 g/mol. The number of hydrogen-bond acceptors (Lipinski definition) is 5. The van der Waals surface area contributed by atoms with Crippen LogP contribution in [0.25, 0.3) is 0 Å². The van der Waals surface area contributed by atoms with Crippen LogP contribution in [0.3, 0.4) is 0 Å². The number of carbonyl (C=O) groups is 2. The normalized spacial score (nSPS) is 11.9. The van der Waals surface area contributed by atoms with Gasteiger partial charge in [0.2, 0.25) is 0 Å². The van der Waals surface area contributed by atoms with Crippen LogP contribution >= 0.6 is 0 Å². The van der Waals surface area contributed by atoms with Gasteiger partial charge in [0.1, 0.15) is 0 Å². The lowest BCUT2D eigenvalue weighted by atomic mass is 10.3. The summed E-state index contributed by atoms with van der Waals surface area (Å²) in [4.78, 5) is 20.0. The van der Waals surface area contributed by atoms with E-state index in [1.54, 1.807) is 0 Å². The van der Waals surface area contributed by atoms with Crippen LogP contribution in [0.4, 0.5) is 0 Å². The Labute approximate surface area is 79.1 Å². The van der Waals surface area contributed by atoms with Gasteiger partial charge in [0.25, 0.3) is 10.1 Å². The van der Waals surface area contributed by atoms with Crippen molar-refractivity contribution < 1.29 is 32.8 Å². The molecule has 3 N–H and O–H groups in total. The van der Waals surface area contributed by atoms with E-state index in [4.69, 9.17) is 26.6 Å². The van der Waals surface area contributed by atoms with E-state index < -0.39 is 33.7 Å². The SMILES string of the molecule is O=C(O)CC(C(=O)O)S(=O)(=O)O.[C-]#N. The van der Waals surface area contributed by atoms with E-state index in [-0.39, 0.29) is 0 Å². The lowest BCUT2D eigenvalue weighted by Gasteiger charge is -2.04.